The zero-order valence-electron chi connectivity index (χ0n) is 21.9. The number of imide groups is 2. The van der Waals surface area contributed by atoms with Gasteiger partial charge in [-0.25, -0.2) is 9.59 Å². The fourth-order valence-electron chi connectivity index (χ4n) is 5.73. The molecule has 1 spiro atoms. The zero-order chi connectivity index (χ0) is 26.7. The molecule has 0 aromatic heterocycles. The lowest BCUT2D eigenvalue weighted by Gasteiger charge is -2.53. The molecule has 1 aliphatic carbocycles. The van der Waals surface area contributed by atoms with Gasteiger partial charge in [0, 0.05) is 31.1 Å². The Morgan fingerprint density at radius 1 is 1.03 bits per heavy atom. The normalized spacial score (nSPS) is 22.2. The average molecular weight is 558 g/mol. The maximum atomic E-state index is 13.6. The van der Waals surface area contributed by atoms with Crippen LogP contribution in [0.3, 0.4) is 0 Å². The molecule has 3 saturated heterocycles. The summed E-state index contributed by atoms with van der Waals surface area (Å²) in [5, 5.41) is 0. The molecule has 1 aromatic carbocycles. The average Bonchev–Trinajstić information content (AvgIpc) is 2.92. The Morgan fingerprint density at radius 3 is 2.37 bits per heavy atom. The second-order valence-corrected chi connectivity index (χ2v) is 13.1. The van der Waals surface area contributed by atoms with Crippen molar-refractivity contribution in [3.05, 3.63) is 45.7 Å². The quantitative estimate of drug-likeness (QED) is 0.349. The number of ether oxygens (including phenoxy) is 1. The number of hydrogen-bond acceptors (Lipinski definition) is 7. The number of thioether (sulfide) groups is 2. The fourth-order valence-corrected chi connectivity index (χ4v) is 8.33. The minimum Gasteiger partial charge on any atom is -0.445 e. The number of hydrogen-bond donors (Lipinski definition) is 0. The zero-order valence-corrected chi connectivity index (χ0v) is 23.5. The highest BCUT2D eigenvalue weighted by Crippen LogP contribution is 2.46. The molecule has 0 N–H and O–H groups in total. The molecule has 0 unspecified atom stereocenters. The van der Waals surface area contributed by atoms with Crippen LogP contribution >= 0.6 is 23.5 Å². The van der Waals surface area contributed by atoms with Gasteiger partial charge in [0.2, 0.25) is 0 Å². The third-order valence-electron chi connectivity index (χ3n) is 7.92. The van der Waals surface area contributed by atoms with Crippen molar-refractivity contribution >= 4 is 47.5 Å². The molecule has 3 heterocycles. The van der Waals surface area contributed by atoms with Gasteiger partial charge in [-0.1, -0.05) is 43.7 Å². The minimum absolute atomic E-state index is 0.0121. The number of urea groups is 1. The lowest BCUT2D eigenvalue weighted by atomic mass is 9.67. The first-order valence-corrected chi connectivity index (χ1v) is 15.5. The Balaban J connectivity index is 1.22. The van der Waals surface area contributed by atoms with Gasteiger partial charge in [-0.05, 0) is 55.6 Å². The summed E-state index contributed by atoms with van der Waals surface area (Å²) in [5.41, 5.74) is 1.16. The highest BCUT2D eigenvalue weighted by atomic mass is 32.2. The number of benzene rings is 1. The molecule has 38 heavy (non-hydrogen) atoms. The molecule has 10 heteroatoms. The lowest BCUT2D eigenvalue weighted by molar-refractivity contribution is -0.138. The molecule has 5 rings (SSSR count). The topological polar surface area (TPSA) is 87.2 Å². The van der Waals surface area contributed by atoms with Crippen molar-refractivity contribution in [2.45, 2.75) is 64.5 Å². The molecule has 5 amide bonds. The van der Waals surface area contributed by atoms with E-state index in [2.05, 4.69) is 0 Å². The van der Waals surface area contributed by atoms with Crippen molar-refractivity contribution in [3.63, 3.8) is 0 Å². The molecule has 8 nitrogen and oxygen atoms in total. The van der Waals surface area contributed by atoms with Gasteiger partial charge in [0.15, 0.2) is 0 Å². The molecule has 4 fully saturated rings. The van der Waals surface area contributed by atoms with E-state index in [0.29, 0.717) is 38.9 Å². The van der Waals surface area contributed by atoms with Gasteiger partial charge < -0.3 is 9.64 Å². The number of nitrogens with zero attached hydrogens (tertiary/aromatic N) is 3. The van der Waals surface area contributed by atoms with Gasteiger partial charge in [0.05, 0.1) is 4.24 Å². The standard InChI is InChI=1S/C28H35N3O5S2/c1-2-3-14-30-23(32)22(25-37-15-7-16-38-25)24(33)31(26(30)34)21-10-12-28(13-11-21)18-29(19-28)27(35)36-17-20-8-5-4-6-9-20/h4-6,8-9,21H,2-3,7,10-19H2,1H3. The third kappa shape index (κ3) is 5.47. The second-order valence-electron chi connectivity index (χ2n) is 10.6. The van der Waals surface area contributed by atoms with Crippen LogP contribution in [0.2, 0.25) is 0 Å². The van der Waals surface area contributed by atoms with Crippen LogP contribution in [0, 0.1) is 5.41 Å². The van der Waals surface area contributed by atoms with Crippen LogP contribution in [0.1, 0.15) is 57.4 Å². The Hall–Kier alpha value is -2.46. The van der Waals surface area contributed by atoms with Crippen molar-refractivity contribution in [2.24, 2.45) is 5.41 Å². The smallest absolute Gasteiger partial charge is 0.410 e. The predicted octanol–water partition coefficient (Wildman–Crippen LogP) is 5.24. The molecule has 204 valence electrons. The van der Waals surface area contributed by atoms with E-state index in [-0.39, 0.29) is 29.7 Å². The van der Waals surface area contributed by atoms with Gasteiger partial charge in [0.1, 0.15) is 12.2 Å². The molecule has 4 aliphatic rings. The van der Waals surface area contributed by atoms with Crippen LogP contribution in [0.25, 0.3) is 0 Å². The van der Waals surface area contributed by atoms with E-state index >= 15 is 0 Å². The minimum atomic E-state index is -0.468. The van der Waals surface area contributed by atoms with Crippen molar-refractivity contribution in [1.29, 1.82) is 0 Å². The summed E-state index contributed by atoms with van der Waals surface area (Å²) in [5.74, 6) is 0.903. The number of carbonyl (C=O) groups excluding carboxylic acids is 4. The highest BCUT2D eigenvalue weighted by Gasteiger charge is 2.52. The first-order chi connectivity index (χ1) is 18.4. The van der Waals surface area contributed by atoms with Crippen LogP contribution in [0.15, 0.2) is 40.1 Å². The largest absolute Gasteiger partial charge is 0.445 e. The molecule has 0 radical (unpaired) electrons. The van der Waals surface area contributed by atoms with Crippen LogP contribution in [-0.4, -0.2) is 75.8 Å². The molecule has 0 bridgehead atoms. The number of amides is 5. The summed E-state index contributed by atoms with van der Waals surface area (Å²) in [4.78, 5) is 57.3. The lowest BCUT2D eigenvalue weighted by Crippen LogP contribution is -2.63. The molecule has 3 aliphatic heterocycles. The fraction of sp³-hybridized carbons (Fsp3) is 0.571. The molecule has 1 aromatic rings. The van der Waals surface area contributed by atoms with Crippen molar-refractivity contribution in [3.8, 4) is 0 Å². The maximum absolute atomic E-state index is 13.6. The van der Waals surface area contributed by atoms with Crippen molar-refractivity contribution in [2.75, 3.05) is 31.1 Å². The Kier molecular flexibility index (Phi) is 8.38. The summed E-state index contributed by atoms with van der Waals surface area (Å²) in [7, 11) is 0. The second kappa shape index (κ2) is 11.7. The Labute approximate surface area is 232 Å². The number of unbranched alkanes of at least 4 members (excludes halogenated alkanes) is 1. The van der Waals surface area contributed by atoms with E-state index in [4.69, 9.17) is 4.74 Å². The third-order valence-corrected chi connectivity index (χ3v) is 10.5. The monoisotopic (exact) mass is 557 g/mol. The number of carbonyl (C=O) groups is 4. The van der Waals surface area contributed by atoms with Gasteiger partial charge in [-0.2, -0.15) is 0 Å². The van der Waals surface area contributed by atoms with Crippen LogP contribution < -0.4 is 0 Å². The number of rotatable bonds is 6. The number of likely N-dealkylation sites (tertiary alicyclic amines) is 1. The number of barbiturate groups is 1. The van der Waals surface area contributed by atoms with E-state index in [1.807, 2.05) is 37.3 Å². The first kappa shape index (κ1) is 27.1. The Bertz CT molecular complexity index is 1100. The van der Waals surface area contributed by atoms with E-state index in [9.17, 15) is 19.2 Å². The maximum Gasteiger partial charge on any atom is 0.410 e. The summed E-state index contributed by atoms with van der Waals surface area (Å²) in [6.07, 6.45) is 5.34. The van der Waals surface area contributed by atoms with E-state index < -0.39 is 17.8 Å². The van der Waals surface area contributed by atoms with Gasteiger partial charge in [0.25, 0.3) is 11.8 Å². The van der Waals surface area contributed by atoms with Crippen LogP contribution in [-0.2, 0) is 20.9 Å². The summed E-state index contributed by atoms with van der Waals surface area (Å²) in [6.45, 7) is 3.89. The van der Waals surface area contributed by atoms with Gasteiger partial charge in [-0.3, -0.25) is 19.4 Å². The van der Waals surface area contributed by atoms with E-state index in [1.54, 1.807) is 28.4 Å². The molecule has 0 atom stereocenters. The van der Waals surface area contributed by atoms with E-state index in [1.165, 1.54) is 9.80 Å². The summed E-state index contributed by atoms with van der Waals surface area (Å²) < 4.78 is 6.24. The Morgan fingerprint density at radius 2 is 1.71 bits per heavy atom. The summed E-state index contributed by atoms with van der Waals surface area (Å²) >= 11 is 3.12. The SMILES string of the molecule is CCCCN1C(=O)C(=C2SCCCS2)C(=O)N(C2CCC3(CC2)CN(C(=O)OCc2ccccc2)C3)C1=O. The van der Waals surface area contributed by atoms with Crippen molar-refractivity contribution in [1.82, 2.24) is 14.7 Å². The van der Waals surface area contributed by atoms with Crippen molar-refractivity contribution < 1.29 is 23.9 Å². The first-order valence-electron chi connectivity index (χ1n) is 13.6. The van der Waals surface area contributed by atoms with Crippen LogP contribution in [0.5, 0.6) is 0 Å². The molecule has 1 saturated carbocycles. The van der Waals surface area contributed by atoms with E-state index in [0.717, 1.165) is 47.0 Å². The summed E-state index contributed by atoms with van der Waals surface area (Å²) in [6, 6.07) is 8.93. The molecular weight excluding hydrogens is 522 g/mol. The van der Waals surface area contributed by atoms with Gasteiger partial charge in [-0.15, -0.1) is 23.5 Å². The predicted molar refractivity (Wildman–Crippen MR) is 148 cm³/mol. The highest BCUT2D eigenvalue weighted by molar-refractivity contribution is 8.22. The molecular formula is C28H35N3O5S2. The van der Waals surface area contributed by atoms with Gasteiger partial charge >= 0.3 is 12.1 Å². The van der Waals surface area contributed by atoms with Crippen LogP contribution in [0.4, 0.5) is 9.59 Å².